The summed E-state index contributed by atoms with van der Waals surface area (Å²) in [6.07, 6.45) is 4.26. The van der Waals surface area contributed by atoms with Gasteiger partial charge in [-0.25, -0.2) is 9.59 Å². The summed E-state index contributed by atoms with van der Waals surface area (Å²) in [4.78, 5) is 63.1. The van der Waals surface area contributed by atoms with Gasteiger partial charge in [0, 0.05) is 12.1 Å². The second kappa shape index (κ2) is 17.9. The smallest absolute Gasteiger partial charge is 0.364 e. The molecule has 2 aliphatic carbocycles. The highest BCUT2D eigenvalue weighted by molar-refractivity contribution is 5.88. The third-order valence-electron chi connectivity index (χ3n) is 9.29. The van der Waals surface area contributed by atoms with Crippen molar-refractivity contribution in [2.45, 2.75) is 107 Å². The number of benzene rings is 2. The molecule has 47 heavy (non-hydrogen) atoms. The van der Waals surface area contributed by atoms with Crippen LogP contribution in [-0.4, -0.2) is 70.3 Å². The van der Waals surface area contributed by atoms with Gasteiger partial charge in [-0.3, -0.25) is 14.5 Å². The molecule has 0 aromatic heterocycles. The lowest BCUT2D eigenvalue weighted by Gasteiger charge is -2.31. The Bertz CT molecular complexity index is 1300. The molecule has 0 unspecified atom stereocenters. The van der Waals surface area contributed by atoms with Gasteiger partial charge in [0.05, 0.1) is 0 Å². The minimum Gasteiger partial charge on any atom is -0.480 e. The van der Waals surface area contributed by atoms with Gasteiger partial charge in [-0.1, -0.05) is 92.8 Å². The Labute approximate surface area is 275 Å². The molecule has 2 aromatic carbocycles. The highest BCUT2D eigenvalue weighted by Crippen LogP contribution is 2.29. The van der Waals surface area contributed by atoms with Crippen molar-refractivity contribution in [3.63, 3.8) is 0 Å². The maximum absolute atomic E-state index is 13.6. The normalized spacial score (nSPS) is 19.5. The number of amides is 2. The van der Waals surface area contributed by atoms with Gasteiger partial charge < -0.3 is 32.3 Å². The van der Waals surface area contributed by atoms with Gasteiger partial charge in [0.15, 0.2) is 6.10 Å². The third kappa shape index (κ3) is 10.6. The number of hydrogen-bond donors (Lipinski definition) is 6. The molecule has 0 radical (unpaired) electrons. The summed E-state index contributed by atoms with van der Waals surface area (Å²) in [5.41, 5.74) is 14.2. The van der Waals surface area contributed by atoms with Crippen LogP contribution in [0.25, 0.3) is 0 Å². The molecule has 12 heteroatoms. The lowest BCUT2D eigenvalue weighted by molar-refractivity contribution is -0.297. The lowest BCUT2D eigenvalue weighted by atomic mass is 9.83. The molecular formula is C35H48N4O8. The van der Waals surface area contributed by atoms with Gasteiger partial charge in [-0.2, -0.15) is 4.89 Å². The van der Waals surface area contributed by atoms with E-state index in [1.54, 1.807) is 0 Å². The molecule has 2 amide bonds. The van der Waals surface area contributed by atoms with E-state index in [1.807, 2.05) is 60.7 Å². The Morgan fingerprint density at radius 1 is 0.702 bits per heavy atom. The Hall–Kier alpha value is -3.84. The van der Waals surface area contributed by atoms with Crippen molar-refractivity contribution in [1.82, 2.24) is 10.6 Å². The van der Waals surface area contributed by atoms with Crippen LogP contribution in [0.2, 0.25) is 0 Å². The van der Waals surface area contributed by atoms with Gasteiger partial charge >= 0.3 is 11.9 Å². The van der Waals surface area contributed by atoms with Crippen molar-refractivity contribution in [2.24, 2.45) is 23.3 Å². The quantitative estimate of drug-likeness (QED) is 0.115. The van der Waals surface area contributed by atoms with E-state index < -0.39 is 60.1 Å². The molecule has 2 saturated carbocycles. The van der Waals surface area contributed by atoms with Crippen molar-refractivity contribution in [2.75, 3.05) is 0 Å². The van der Waals surface area contributed by atoms with Gasteiger partial charge in [-0.05, 0) is 61.5 Å². The van der Waals surface area contributed by atoms with E-state index >= 15 is 0 Å². The summed E-state index contributed by atoms with van der Waals surface area (Å²) >= 11 is 0. The number of carboxylic acid groups (broad SMARTS) is 1. The zero-order valence-corrected chi connectivity index (χ0v) is 26.7. The number of aliphatic hydroxyl groups excluding tert-OH is 1. The number of nitrogens with two attached hydrogens (primary N) is 2. The molecule has 256 valence electrons. The van der Waals surface area contributed by atoms with Gasteiger partial charge in [0.25, 0.3) is 11.8 Å². The molecule has 2 fully saturated rings. The third-order valence-corrected chi connectivity index (χ3v) is 9.29. The predicted molar refractivity (Wildman–Crippen MR) is 173 cm³/mol. The molecule has 0 saturated heterocycles. The fraction of sp³-hybridized carbons (Fsp3) is 0.543. The molecule has 4 rings (SSSR count). The molecule has 2 aromatic rings. The monoisotopic (exact) mass is 652 g/mol. The van der Waals surface area contributed by atoms with Crippen LogP contribution in [0.1, 0.15) is 68.9 Å². The lowest BCUT2D eigenvalue weighted by Crippen LogP contribution is -2.56. The first-order chi connectivity index (χ1) is 22.6. The van der Waals surface area contributed by atoms with Crippen LogP contribution < -0.4 is 22.1 Å². The molecule has 0 spiro atoms. The Morgan fingerprint density at radius 2 is 1.17 bits per heavy atom. The molecule has 8 N–H and O–H groups in total. The minimum absolute atomic E-state index is 0.173. The van der Waals surface area contributed by atoms with E-state index in [1.165, 1.54) is 0 Å². The number of rotatable bonds is 16. The van der Waals surface area contributed by atoms with Crippen molar-refractivity contribution < 1.29 is 39.2 Å². The Kier molecular flexibility index (Phi) is 13.7. The molecule has 6 atom stereocenters. The minimum atomic E-state index is -1.60. The van der Waals surface area contributed by atoms with Gasteiger partial charge in [0.2, 0.25) is 0 Å². The van der Waals surface area contributed by atoms with Gasteiger partial charge in [0.1, 0.15) is 18.2 Å². The molecule has 0 aliphatic heterocycles. The Balaban J connectivity index is 1.47. The molecule has 2 aliphatic rings. The van der Waals surface area contributed by atoms with Crippen LogP contribution in [0.3, 0.4) is 0 Å². The van der Waals surface area contributed by atoms with Crippen LogP contribution in [0.4, 0.5) is 0 Å². The first-order valence-electron chi connectivity index (χ1n) is 16.6. The number of aliphatic carboxylic acids is 1. The first kappa shape index (κ1) is 36.0. The topological polar surface area (TPSA) is 203 Å². The summed E-state index contributed by atoms with van der Waals surface area (Å²) in [6.45, 7) is 0. The fourth-order valence-electron chi connectivity index (χ4n) is 6.63. The van der Waals surface area contributed by atoms with Crippen molar-refractivity contribution in [1.29, 1.82) is 0 Å². The standard InChI is InChI=1S/C35H48N4O8/c36-26(20-22-12-4-1-5-13-22)30(40)32(41)39-29(25-16-8-3-9-17-25)35(45)47-46-31(27(37)21-23-14-6-2-7-15-23)33(42)38-28(34(43)44)24-18-10-11-19-24/h1-2,4-7,12-15,24-31,40H,3,8-11,16-21,36-37H2,(H,38,42)(H,39,41)(H,43,44)/t26-,27-,28+,29+,30+,31+/m1/s1. The highest BCUT2D eigenvalue weighted by atomic mass is 17.2. The maximum Gasteiger partial charge on any atom is 0.364 e. The molecule has 0 heterocycles. The van der Waals surface area contributed by atoms with Crippen molar-refractivity contribution >= 4 is 23.8 Å². The second-order valence-electron chi connectivity index (χ2n) is 12.8. The number of carbonyl (C=O) groups excluding carboxylic acids is 3. The summed E-state index contributed by atoms with van der Waals surface area (Å²) in [5.74, 6) is -4.30. The van der Waals surface area contributed by atoms with Crippen LogP contribution in [-0.2, 0) is 41.8 Å². The van der Waals surface area contributed by atoms with E-state index in [9.17, 15) is 29.4 Å². The highest BCUT2D eigenvalue weighted by Gasteiger charge is 2.39. The number of carboxylic acids is 1. The van der Waals surface area contributed by atoms with E-state index in [2.05, 4.69) is 10.6 Å². The summed E-state index contributed by atoms with van der Waals surface area (Å²) in [7, 11) is 0. The van der Waals surface area contributed by atoms with Crippen molar-refractivity contribution in [3.05, 3.63) is 71.8 Å². The summed E-state index contributed by atoms with van der Waals surface area (Å²) in [5, 5.41) is 25.8. The fourth-order valence-corrected chi connectivity index (χ4v) is 6.63. The van der Waals surface area contributed by atoms with Crippen LogP contribution in [0, 0.1) is 11.8 Å². The average molecular weight is 653 g/mol. The number of hydrogen-bond acceptors (Lipinski definition) is 9. The summed E-state index contributed by atoms with van der Waals surface area (Å²) < 4.78 is 0. The van der Waals surface area contributed by atoms with Gasteiger partial charge in [-0.15, -0.1) is 0 Å². The number of nitrogens with one attached hydrogen (secondary N) is 2. The molecule has 0 bridgehead atoms. The van der Waals surface area contributed by atoms with E-state index in [0.29, 0.717) is 25.7 Å². The zero-order valence-electron chi connectivity index (χ0n) is 26.7. The van der Waals surface area contributed by atoms with Crippen molar-refractivity contribution in [3.8, 4) is 0 Å². The van der Waals surface area contributed by atoms with E-state index in [0.717, 1.165) is 43.2 Å². The van der Waals surface area contributed by atoms with Crippen LogP contribution in [0.15, 0.2) is 60.7 Å². The average Bonchev–Trinajstić information content (AvgIpc) is 3.61. The zero-order chi connectivity index (χ0) is 33.8. The molecule has 12 nitrogen and oxygen atoms in total. The predicted octanol–water partition coefficient (Wildman–Crippen LogP) is 2.16. The van der Waals surface area contributed by atoms with Crippen LogP contribution in [0.5, 0.6) is 0 Å². The first-order valence-corrected chi connectivity index (χ1v) is 16.6. The second-order valence-corrected chi connectivity index (χ2v) is 12.8. The number of carbonyl (C=O) groups is 4. The van der Waals surface area contributed by atoms with E-state index in [-0.39, 0.29) is 24.7 Å². The Morgan fingerprint density at radius 3 is 1.70 bits per heavy atom. The largest absolute Gasteiger partial charge is 0.480 e. The van der Waals surface area contributed by atoms with Crippen LogP contribution >= 0.6 is 0 Å². The summed E-state index contributed by atoms with van der Waals surface area (Å²) in [6, 6.07) is 14.0. The molecular weight excluding hydrogens is 604 g/mol. The SMILES string of the molecule is N[C@H](Cc1ccccc1)[C@H](O)C(=O)N[C@H](C(=O)OO[C@H](C(=O)N[C@H](C(=O)O)C1CCCC1)[C@H](N)Cc1ccccc1)C1CCCCC1. The number of aliphatic hydroxyl groups is 1. The maximum atomic E-state index is 13.6. The van der Waals surface area contributed by atoms with E-state index in [4.69, 9.17) is 21.2 Å².